The van der Waals surface area contributed by atoms with E-state index in [2.05, 4.69) is 20.8 Å². The molecular weight excluding hydrogens is 373 g/mol. The van der Waals surface area contributed by atoms with Crippen LogP contribution in [-0.2, 0) is 0 Å². The number of nitrogens with one attached hydrogen (secondary N) is 1. The van der Waals surface area contributed by atoms with Crippen molar-refractivity contribution in [3.05, 3.63) is 90.0 Å². The lowest BCUT2D eigenvalue weighted by molar-refractivity contribution is 0.102. The van der Waals surface area contributed by atoms with E-state index >= 15 is 0 Å². The first-order valence-electron chi connectivity index (χ1n) is 8.79. The summed E-state index contributed by atoms with van der Waals surface area (Å²) in [6.45, 7) is 1.66. The lowest BCUT2D eigenvalue weighted by Crippen LogP contribution is -2.13. The van der Waals surface area contributed by atoms with Gasteiger partial charge in [0.05, 0.1) is 0 Å². The number of nitrogens with zero attached hydrogens (tertiary/aromatic N) is 4. The molecule has 8 heteroatoms. The summed E-state index contributed by atoms with van der Waals surface area (Å²) in [6, 6.07) is 20.3. The third-order valence-corrected chi connectivity index (χ3v) is 4.13. The Morgan fingerprint density at radius 2 is 1.79 bits per heavy atom. The van der Waals surface area contributed by atoms with Gasteiger partial charge in [-0.1, -0.05) is 24.3 Å². The van der Waals surface area contributed by atoms with Gasteiger partial charge in [-0.2, -0.15) is 4.68 Å². The minimum atomic E-state index is -0.503. The fourth-order valence-corrected chi connectivity index (χ4v) is 2.74. The highest BCUT2D eigenvalue weighted by Gasteiger charge is 2.13. The lowest BCUT2D eigenvalue weighted by atomic mass is 10.2. The van der Waals surface area contributed by atoms with Crippen LogP contribution < -0.4 is 10.1 Å². The number of aromatic nitrogens is 4. The molecule has 0 fully saturated rings. The van der Waals surface area contributed by atoms with E-state index in [9.17, 15) is 9.18 Å². The van der Waals surface area contributed by atoms with Crippen molar-refractivity contribution in [3.63, 3.8) is 0 Å². The van der Waals surface area contributed by atoms with Crippen molar-refractivity contribution in [1.82, 2.24) is 20.2 Å². The van der Waals surface area contributed by atoms with Gasteiger partial charge in [-0.05, 0) is 65.9 Å². The van der Waals surface area contributed by atoms with Crippen molar-refractivity contribution < 1.29 is 13.9 Å². The van der Waals surface area contributed by atoms with Gasteiger partial charge < -0.3 is 10.1 Å². The molecule has 0 saturated carbocycles. The molecule has 144 valence electrons. The quantitative estimate of drug-likeness (QED) is 0.554. The van der Waals surface area contributed by atoms with Gasteiger partial charge in [0.1, 0.15) is 23.0 Å². The van der Waals surface area contributed by atoms with Gasteiger partial charge in [0.15, 0.2) is 5.82 Å². The first-order valence-corrected chi connectivity index (χ1v) is 8.79. The summed E-state index contributed by atoms with van der Waals surface area (Å²) in [5.74, 6) is 0.780. The SMILES string of the molecule is Cc1nnnn1-c1cc(NC(=O)c2cccc(Oc3ccccc3)c2)ccc1F. The standard InChI is InChI=1S/C21H16FN5O2/c1-14-24-25-26-27(14)20-13-16(10-11-19(20)22)23-21(28)15-6-5-9-18(12-15)29-17-7-3-2-4-8-17/h2-13H,1H3,(H,23,28). The van der Waals surface area contributed by atoms with Crippen LogP contribution in [-0.4, -0.2) is 26.1 Å². The molecule has 0 aliphatic carbocycles. The number of ether oxygens (including phenoxy) is 1. The molecule has 1 amide bonds. The maximum Gasteiger partial charge on any atom is 0.255 e. The summed E-state index contributed by atoms with van der Waals surface area (Å²) >= 11 is 0. The normalized spacial score (nSPS) is 10.6. The molecule has 4 rings (SSSR count). The zero-order valence-corrected chi connectivity index (χ0v) is 15.4. The van der Waals surface area contributed by atoms with E-state index in [0.717, 1.165) is 0 Å². The Balaban J connectivity index is 1.54. The summed E-state index contributed by atoms with van der Waals surface area (Å²) in [6.07, 6.45) is 0. The average Bonchev–Trinajstić information content (AvgIpc) is 3.16. The smallest absolute Gasteiger partial charge is 0.255 e. The molecule has 4 aromatic rings. The number of amides is 1. The van der Waals surface area contributed by atoms with Crippen molar-refractivity contribution >= 4 is 11.6 Å². The molecule has 1 aromatic heterocycles. The van der Waals surface area contributed by atoms with Crippen molar-refractivity contribution in [1.29, 1.82) is 0 Å². The number of para-hydroxylation sites is 1. The van der Waals surface area contributed by atoms with E-state index in [1.807, 2.05) is 30.3 Å². The Morgan fingerprint density at radius 1 is 1.00 bits per heavy atom. The van der Waals surface area contributed by atoms with Crippen LogP contribution in [0.1, 0.15) is 16.2 Å². The Labute approximate surface area is 165 Å². The van der Waals surface area contributed by atoms with Crippen LogP contribution in [0.15, 0.2) is 72.8 Å². The second-order valence-electron chi connectivity index (χ2n) is 6.20. The Bertz CT molecular complexity index is 1160. The maximum absolute atomic E-state index is 14.2. The van der Waals surface area contributed by atoms with Crippen LogP contribution in [0.25, 0.3) is 5.69 Å². The van der Waals surface area contributed by atoms with Crippen LogP contribution in [0.3, 0.4) is 0 Å². The fraction of sp³-hybridized carbons (Fsp3) is 0.0476. The van der Waals surface area contributed by atoms with Gasteiger partial charge in [0, 0.05) is 11.3 Å². The van der Waals surface area contributed by atoms with Crippen molar-refractivity contribution in [2.75, 3.05) is 5.32 Å². The summed E-state index contributed by atoms with van der Waals surface area (Å²) < 4.78 is 21.2. The molecule has 0 bridgehead atoms. The molecule has 3 aromatic carbocycles. The van der Waals surface area contributed by atoms with Crippen molar-refractivity contribution in [3.8, 4) is 17.2 Å². The molecule has 0 unspecified atom stereocenters. The highest BCUT2D eigenvalue weighted by Crippen LogP contribution is 2.23. The monoisotopic (exact) mass is 389 g/mol. The van der Waals surface area contributed by atoms with Gasteiger partial charge in [-0.25, -0.2) is 4.39 Å². The maximum atomic E-state index is 14.2. The molecule has 0 aliphatic heterocycles. The van der Waals surface area contributed by atoms with Gasteiger partial charge in [0.2, 0.25) is 0 Å². The molecule has 0 spiro atoms. The number of carbonyl (C=O) groups excluding carboxylic acids is 1. The van der Waals surface area contributed by atoms with Crippen LogP contribution in [0, 0.1) is 12.7 Å². The second kappa shape index (κ2) is 7.89. The number of aryl methyl sites for hydroxylation is 1. The van der Waals surface area contributed by atoms with E-state index in [1.54, 1.807) is 31.2 Å². The van der Waals surface area contributed by atoms with Gasteiger partial charge in [0.25, 0.3) is 5.91 Å². The zero-order valence-electron chi connectivity index (χ0n) is 15.4. The third kappa shape index (κ3) is 4.11. The van der Waals surface area contributed by atoms with Gasteiger partial charge >= 0.3 is 0 Å². The number of halogens is 1. The molecule has 1 heterocycles. The number of hydrogen-bond donors (Lipinski definition) is 1. The fourth-order valence-electron chi connectivity index (χ4n) is 2.74. The minimum absolute atomic E-state index is 0.145. The van der Waals surface area contributed by atoms with E-state index < -0.39 is 5.82 Å². The second-order valence-corrected chi connectivity index (χ2v) is 6.20. The zero-order chi connectivity index (χ0) is 20.2. The summed E-state index contributed by atoms with van der Waals surface area (Å²) in [7, 11) is 0. The van der Waals surface area contributed by atoms with Crippen LogP contribution >= 0.6 is 0 Å². The average molecular weight is 389 g/mol. The Kier molecular flexibility index (Phi) is 4.98. The lowest BCUT2D eigenvalue weighted by Gasteiger charge is -2.10. The first kappa shape index (κ1) is 18.3. The van der Waals surface area contributed by atoms with E-state index in [4.69, 9.17) is 4.74 Å². The number of benzene rings is 3. The predicted molar refractivity (Wildman–Crippen MR) is 105 cm³/mol. The molecule has 7 nitrogen and oxygen atoms in total. The van der Waals surface area contributed by atoms with Crippen LogP contribution in [0.4, 0.5) is 10.1 Å². The topological polar surface area (TPSA) is 81.9 Å². The largest absolute Gasteiger partial charge is 0.457 e. The molecule has 0 radical (unpaired) electrons. The predicted octanol–water partition coefficient (Wildman–Crippen LogP) is 4.15. The number of rotatable bonds is 5. The highest BCUT2D eigenvalue weighted by atomic mass is 19.1. The van der Waals surface area contributed by atoms with E-state index in [1.165, 1.54) is 22.9 Å². The van der Waals surface area contributed by atoms with E-state index in [-0.39, 0.29) is 11.6 Å². The highest BCUT2D eigenvalue weighted by molar-refractivity contribution is 6.04. The number of carbonyl (C=O) groups is 1. The van der Waals surface area contributed by atoms with Crippen molar-refractivity contribution in [2.24, 2.45) is 0 Å². The van der Waals surface area contributed by atoms with Gasteiger partial charge in [-0.3, -0.25) is 4.79 Å². The van der Waals surface area contributed by atoms with Crippen LogP contribution in [0.5, 0.6) is 11.5 Å². The first-order chi connectivity index (χ1) is 14.1. The Hall–Kier alpha value is -4.07. The van der Waals surface area contributed by atoms with Gasteiger partial charge in [-0.15, -0.1) is 5.10 Å². The molecular formula is C21H16FN5O2. The number of anilines is 1. The molecule has 0 aliphatic rings. The molecule has 0 saturated heterocycles. The molecule has 29 heavy (non-hydrogen) atoms. The molecule has 0 atom stereocenters. The molecule has 1 N–H and O–H groups in total. The number of hydrogen-bond acceptors (Lipinski definition) is 5. The van der Waals surface area contributed by atoms with E-state index in [0.29, 0.717) is 28.6 Å². The number of tetrazole rings is 1. The summed E-state index contributed by atoms with van der Waals surface area (Å²) in [4.78, 5) is 12.7. The Morgan fingerprint density at radius 3 is 2.55 bits per heavy atom. The van der Waals surface area contributed by atoms with Crippen molar-refractivity contribution in [2.45, 2.75) is 6.92 Å². The third-order valence-electron chi connectivity index (χ3n) is 4.13. The summed E-state index contributed by atoms with van der Waals surface area (Å²) in [5.41, 5.74) is 0.963. The van der Waals surface area contributed by atoms with Crippen LogP contribution in [0.2, 0.25) is 0 Å². The summed E-state index contributed by atoms with van der Waals surface area (Å²) in [5, 5.41) is 13.8. The minimum Gasteiger partial charge on any atom is -0.457 e.